The molecule has 1 aliphatic carbocycles. The Kier molecular flexibility index (Phi) is 7.72. The summed E-state index contributed by atoms with van der Waals surface area (Å²) >= 11 is 0. The van der Waals surface area contributed by atoms with Gasteiger partial charge in [-0.05, 0) is 51.8 Å². The zero-order valence-corrected chi connectivity index (χ0v) is 14.8. The topological polar surface area (TPSA) is 54.7 Å². The largest absolute Gasteiger partial charge is 0.398 e. The molecule has 0 saturated heterocycles. The standard InChI is InChI=1S/C9H13N.C5H8N2.C5H10/c1-6-4-7(2)9(10)8(3)5-6;1-4-3-5(2)7-6-4;1-2-4-5-3-1/h4-5H,10H2,1-3H3;3H,1-2H3,(H,6,7);1-5H2. The van der Waals surface area contributed by atoms with Crippen molar-refractivity contribution in [2.45, 2.75) is 66.7 Å². The number of nitrogens with one attached hydrogen (secondary N) is 1. The van der Waals surface area contributed by atoms with Gasteiger partial charge in [0, 0.05) is 11.4 Å². The molecule has 3 rings (SSSR count). The molecule has 0 amide bonds. The Labute approximate surface area is 135 Å². The Morgan fingerprint density at radius 3 is 1.55 bits per heavy atom. The van der Waals surface area contributed by atoms with Crippen LogP contribution >= 0.6 is 0 Å². The van der Waals surface area contributed by atoms with E-state index in [1.165, 1.54) is 48.8 Å². The lowest BCUT2D eigenvalue weighted by atomic mass is 10.1. The zero-order chi connectivity index (χ0) is 16.5. The second-order valence-corrected chi connectivity index (χ2v) is 6.27. The fourth-order valence-corrected chi connectivity index (χ4v) is 2.63. The molecule has 1 aromatic carbocycles. The summed E-state index contributed by atoms with van der Waals surface area (Å²) in [6, 6.07) is 6.20. The molecule has 3 nitrogen and oxygen atoms in total. The summed E-state index contributed by atoms with van der Waals surface area (Å²) < 4.78 is 0. The average molecular weight is 301 g/mol. The quantitative estimate of drug-likeness (QED) is 0.659. The van der Waals surface area contributed by atoms with Crippen LogP contribution in [0.25, 0.3) is 0 Å². The minimum atomic E-state index is 0.922. The molecule has 122 valence electrons. The number of H-pyrrole nitrogens is 1. The molecular formula is C19H31N3. The first-order valence-corrected chi connectivity index (χ1v) is 8.22. The maximum atomic E-state index is 5.75. The van der Waals surface area contributed by atoms with Gasteiger partial charge in [-0.25, -0.2) is 0 Å². The van der Waals surface area contributed by atoms with Gasteiger partial charge in [-0.2, -0.15) is 5.10 Å². The maximum absolute atomic E-state index is 5.75. The molecule has 0 unspecified atom stereocenters. The van der Waals surface area contributed by atoms with Crippen LogP contribution in [0.15, 0.2) is 18.2 Å². The first-order chi connectivity index (χ1) is 10.4. The van der Waals surface area contributed by atoms with Crippen molar-refractivity contribution < 1.29 is 0 Å². The van der Waals surface area contributed by atoms with Gasteiger partial charge < -0.3 is 5.73 Å². The van der Waals surface area contributed by atoms with Crippen LogP contribution in [0, 0.1) is 34.6 Å². The van der Waals surface area contributed by atoms with Crippen molar-refractivity contribution in [2.75, 3.05) is 5.73 Å². The molecule has 0 atom stereocenters. The van der Waals surface area contributed by atoms with E-state index in [-0.39, 0.29) is 0 Å². The van der Waals surface area contributed by atoms with Gasteiger partial charge in [-0.3, -0.25) is 5.10 Å². The van der Waals surface area contributed by atoms with Gasteiger partial charge in [0.1, 0.15) is 0 Å². The molecule has 1 aliphatic rings. The lowest BCUT2D eigenvalue weighted by Gasteiger charge is -2.04. The fourth-order valence-electron chi connectivity index (χ4n) is 2.63. The predicted octanol–water partition coefficient (Wildman–Crippen LogP) is 5.17. The number of hydrogen-bond acceptors (Lipinski definition) is 2. The molecule has 22 heavy (non-hydrogen) atoms. The van der Waals surface area contributed by atoms with Gasteiger partial charge >= 0.3 is 0 Å². The Bertz CT molecular complexity index is 519. The van der Waals surface area contributed by atoms with Crippen molar-refractivity contribution in [3.8, 4) is 0 Å². The predicted molar refractivity (Wildman–Crippen MR) is 96.2 cm³/mol. The van der Waals surface area contributed by atoms with E-state index in [0.717, 1.165) is 17.1 Å². The summed E-state index contributed by atoms with van der Waals surface area (Å²) in [6.45, 7) is 10.1. The molecule has 1 heterocycles. The number of aromatic amines is 1. The monoisotopic (exact) mass is 301 g/mol. The van der Waals surface area contributed by atoms with Crippen molar-refractivity contribution in [3.63, 3.8) is 0 Å². The lowest BCUT2D eigenvalue weighted by Crippen LogP contribution is -1.93. The summed E-state index contributed by atoms with van der Waals surface area (Å²) in [5, 5.41) is 6.71. The van der Waals surface area contributed by atoms with Crippen LogP contribution in [-0.4, -0.2) is 10.2 Å². The second kappa shape index (κ2) is 9.29. The Balaban J connectivity index is 0.000000175. The molecule has 3 N–H and O–H groups in total. The molecule has 2 aromatic rings. The van der Waals surface area contributed by atoms with Crippen LogP contribution in [0.3, 0.4) is 0 Å². The third kappa shape index (κ3) is 6.79. The number of anilines is 1. The van der Waals surface area contributed by atoms with Crippen LogP contribution in [-0.2, 0) is 0 Å². The highest BCUT2D eigenvalue weighted by Gasteiger charge is 1.97. The van der Waals surface area contributed by atoms with Crippen LogP contribution in [0.5, 0.6) is 0 Å². The van der Waals surface area contributed by atoms with E-state index >= 15 is 0 Å². The third-order valence-electron chi connectivity index (χ3n) is 3.82. The van der Waals surface area contributed by atoms with Crippen LogP contribution in [0.1, 0.15) is 60.2 Å². The Hall–Kier alpha value is -1.77. The van der Waals surface area contributed by atoms with E-state index in [1.807, 2.05) is 33.8 Å². The number of aromatic nitrogens is 2. The Morgan fingerprint density at radius 2 is 1.27 bits per heavy atom. The molecule has 0 radical (unpaired) electrons. The van der Waals surface area contributed by atoms with E-state index in [4.69, 9.17) is 5.73 Å². The Morgan fingerprint density at radius 1 is 0.818 bits per heavy atom. The van der Waals surface area contributed by atoms with Gasteiger partial charge in [-0.1, -0.05) is 49.8 Å². The minimum absolute atomic E-state index is 0.922. The van der Waals surface area contributed by atoms with E-state index in [0.29, 0.717) is 0 Å². The van der Waals surface area contributed by atoms with Crippen LogP contribution in [0.4, 0.5) is 5.69 Å². The van der Waals surface area contributed by atoms with Gasteiger partial charge in [0.05, 0.1) is 5.69 Å². The number of nitrogens with zero attached hydrogens (tertiary/aromatic N) is 1. The summed E-state index contributed by atoms with van der Waals surface area (Å²) in [5.74, 6) is 0. The maximum Gasteiger partial charge on any atom is 0.0593 e. The van der Waals surface area contributed by atoms with Crippen molar-refractivity contribution in [1.29, 1.82) is 0 Å². The molecule has 0 spiro atoms. The van der Waals surface area contributed by atoms with Crippen molar-refractivity contribution in [3.05, 3.63) is 46.3 Å². The number of hydrogen-bond donors (Lipinski definition) is 2. The smallest absolute Gasteiger partial charge is 0.0593 e. The number of benzene rings is 1. The first-order valence-electron chi connectivity index (χ1n) is 8.22. The number of nitrogens with two attached hydrogens (primary N) is 1. The third-order valence-corrected chi connectivity index (χ3v) is 3.82. The van der Waals surface area contributed by atoms with Gasteiger partial charge in [0.15, 0.2) is 0 Å². The molecule has 1 saturated carbocycles. The summed E-state index contributed by atoms with van der Waals surface area (Å²) in [6.07, 6.45) is 7.50. The molecule has 3 heteroatoms. The van der Waals surface area contributed by atoms with Crippen molar-refractivity contribution >= 4 is 5.69 Å². The average Bonchev–Trinajstić information content (AvgIpc) is 3.12. The van der Waals surface area contributed by atoms with E-state index in [2.05, 4.69) is 29.3 Å². The fraction of sp³-hybridized carbons (Fsp3) is 0.526. The van der Waals surface area contributed by atoms with Gasteiger partial charge in [0.25, 0.3) is 0 Å². The summed E-state index contributed by atoms with van der Waals surface area (Å²) in [7, 11) is 0. The molecule has 0 bridgehead atoms. The van der Waals surface area contributed by atoms with Gasteiger partial charge in [0.2, 0.25) is 0 Å². The van der Waals surface area contributed by atoms with Crippen LogP contribution in [0.2, 0.25) is 0 Å². The number of aryl methyl sites for hydroxylation is 5. The van der Waals surface area contributed by atoms with E-state index in [1.54, 1.807) is 0 Å². The van der Waals surface area contributed by atoms with E-state index in [9.17, 15) is 0 Å². The summed E-state index contributed by atoms with van der Waals surface area (Å²) in [5.41, 5.74) is 12.5. The highest BCUT2D eigenvalue weighted by molar-refractivity contribution is 5.54. The molecular weight excluding hydrogens is 270 g/mol. The highest BCUT2D eigenvalue weighted by atomic mass is 15.1. The van der Waals surface area contributed by atoms with Crippen molar-refractivity contribution in [1.82, 2.24) is 10.2 Å². The zero-order valence-electron chi connectivity index (χ0n) is 14.8. The van der Waals surface area contributed by atoms with Crippen LogP contribution < -0.4 is 5.73 Å². The second-order valence-electron chi connectivity index (χ2n) is 6.27. The lowest BCUT2D eigenvalue weighted by molar-refractivity contribution is 0.886. The first kappa shape index (κ1) is 18.3. The number of rotatable bonds is 0. The molecule has 1 fully saturated rings. The van der Waals surface area contributed by atoms with Crippen molar-refractivity contribution in [2.24, 2.45) is 0 Å². The minimum Gasteiger partial charge on any atom is -0.398 e. The summed E-state index contributed by atoms with van der Waals surface area (Å²) in [4.78, 5) is 0. The molecule has 1 aromatic heterocycles. The normalized spacial score (nSPS) is 13.0. The highest BCUT2D eigenvalue weighted by Crippen LogP contribution is 2.17. The molecule has 0 aliphatic heterocycles. The SMILES string of the molecule is C1CCCC1.Cc1cc(C)[nH]n1.Cc1cc(C)c(N)c(C)c1. The number of nitrogen functional groups attached to an aromatic ring is 1. The van der Waals surface area contributed by atoms with E-state index < -0.39 is 0 Å². The van der Waals surface area contributed by atoms with Gasteiger partial charge in [-0.15, -0.1) is 0 Å².